The Bertz CT molecular complexity index is 668. The highest BCUT2D eigenvalue weighted by Gasteiger charge is 2.09. The van der Waals surface area contributed by atoms with Crippen LogP contribution < -0.4 is 0 Å². The van der Waals surface area contributed by atoms with Gasteiger partial charge in [0, 0.05) is 13.0 Å². The molecular formula is C17H18N2. The summed E-state index contributed by atoms with van der Waals surface area (Å²) in [6.07, 6.45) is 2.03. The molecule has 0 radical (unpaired) electrons. The van der Waals surface area contributed by atoms with Crippen molar-refractivity contribution in [1.82, 2.24) is 9.55 Å². The predicted octanol–water partition coefficient (Wildman–Crippen LogP) is 4.04. The molecule has 2 aromatic carbocycles. The monoisotopic (exact) mass is 250 g/mol. The summed E-state index contributed by atoms with van der Waals surface area (Å²) in [4.78, 5) is 4.79. The van der Waals surface area contributed by atoms with Crippen LogP contribution in [0.1, 0.15) is 24.7 Å². The molecule has 2 nitrogen and oxygen atoms in total. The van der Waals surface area contributed by atoms with Gasteiger partial charge in [-0.15, -0.1) is 0 Å². The van der Waals surface area contributed by atoms with Gasteiger partial charge in [-0.25, -0.2) is 4.98 Å². The number of rotatable bonds is 4. The largest absolute Gasteiger partial charge is 0.328 e. The van der Waals surface area contributed by atoms with Gasteiger partial charge in [0.2, 0.25) is 0 Å². The molecule has 0 aliphatic heterocycles. The molecule has 0 bridgehead atoms. The fourth-order valence-corrected chi connectivity index (χ4v) is 2.51. The SMILES string of the molecule is CCCn1c(Cc2ccccc2)nc2ccccc21. The van der Waals surface area contributed by atoms with Crippen molar-refractivity contribution in [3.05, 3.63) is 66.0 Å². The maximum atomic E-state index is 4.79. The van der Waals surface area contributed by atoms with Gasteiger partial charge in [-0.3, -0.25) is 0 Å². The number of aryl methyl sites for hydroxylation is 1. The predicted molar refractivity (Wildman–Crippen MR) is 79.3 cm³/mol. The highest BCUT2D eigenvalue weighted by molar-refractivity contribution is 5.76. The number of para-hydroxylation sites is 2. The van der Waals surface area contributed by atoms with E-state index in [2.05, 4.69) is 66.1 Å². The number of imidazole rings is 1. The lowest BCUT2D eigenvalue weighted by molar-refractivity contribution is 0.664. The van der Waals surface area contributed by atoms with Gasteiger partial charge in [0.25, 0.3) is 0 Å². The van der Waals surface area contributed by atoms with Crippen LogP contribution in [0, 0.1) is 0 Å². The standard InChI is InChI=1S/C17H18N2/c1-2-12-19-16-11-7-6-10-15(16)18-17(19)13-14-8-4-3-5-9-14/h3-11H,2,12-13H2,1H3. The number of nitrogens with zero attached hydrogens (tertiary/aromatic N) is 2. The van der Waals surface area contributed by atoms with E-state index < -0.39 is 0 Å². The second-order valence-corrected chi connectivity index (χ2v) is 4.83. The van der Waals surface area contributed by atoms with Gasteiger partial charge in [0.05, 0.1) is 11.0 Å². The van der Waals surface area contributed by atoms with E-state index in [9.17, 15) is 0 Å². The van der Waals surface area contributed by atoms with Gasteiger partial charge >= 0.3 is 0 Å². The Morgan fingerprint density at radius 2 is 1.68 bits per heavy atom. The second-order valence-electron chi connectivity index (χ2n) is 4.83. The molecular weight excluding hydrogens is 232 g/mol. The highest BCUT2D eigenvalue weighted by atomic mass is 15.1. The first-order valence-corrected chi connectivity index (χ1v) is 6.86. The van der Waals surface area contributed by atoms with Crippen molar-refractivity contribution in [3.8, 4) is 0 Å². The molecule has 0 aliphatic rings. The normalized spacial score (nSPS) is 11.0. The molecule has 1 aromatic heterocycles. The first kappa shape index (κ1) is 12.0. The van der Waals surface area contributed by atoms with Gasteiger partial charge in [-0.1, -0.05) is 49.4 Å². The fraction of sp³-hybridized carbons (Fsp3) is 0.235. The summed E-state index contributed by atoms with van der Waals surface area (Å²) in [6, 6.07) is 18.9. The number of fused-ring (bicyclic) bond motifs is 1. The van der Waals surface area contributed by atoms with Crippen LogP contribution >= 0.6 is 0 Å². The zero-order valence-corrected chi connectivity index (χ0v) is 11.2. The minimum absolute atomic E-state index is 0.898. The van der Waals surface area contributed by atoms with Gasteiger partial charge in [0.1, 0.15) is 5.82 Å². The van der Waals surface area contributed by atoms with E-state index in [1.54, 1.807) is 0 Å². The Balaban J connectivity index is 2.04. The lowest BCUT2D eigenvalue weighted by Gasteiger charge is -2.07. The molecule has 96 valence electrons. The van der Waals surface area contributed by atoms with Crippen molar-refractivity contribution >= 4 is 11.0 Å². The molecule has 19 heavy (non-hydrogen) atoms. The lowest BCUT2D eigenvalue weighted by atomic mass is 10.1. The van der Waals surface area contributed by atoms with Gasteiger partial charge in [-0.05, 0) is 24.1 Å². The number of benzene rings is 2. The third-order valence-corrected chi connectivity index (χ3v) is 3.39. The molecule has 1 heterocycles. The van der Waals surface area contributed by atoms with Crippen LogP contribution in [0.15, 0.2) is 54.6 Å². The minimum Gasteiger partial charge on any atom is -0.328 e. The molecule has 0 N–H and O–H groups in total. The quantitative estimate of drug-likeness (QED) is 0.683. The van der Waals surface area contributed by atoms with Crippen LogP contribution in [-0.4, -0.2) is 9.55 Å². The van der Waals surface area contributed by atoms with E-state index in [0.29, 0.717) is 0 Å². The topological polar surface area (TPSA) is 17.8 Å². The molecule has 0 saturated carbocycles. The first-order chi connectivity index (χ1) is 9.38. The average molecular weight is 250 g/mol. The van der Waals surface area contributed by atoms with E-state index in [0.717, 1.165) is 30.7 Å². The summed E-state index contributed by atoms with van der Waals surface area (Å²) < 4.78 is 2.35. The minimum atomic E-state index is 0.898. The lowest BCUT2D eigenvalue weighted by Crippen LogP contribution is -2.04. The average Bonchev–Trinajstić information content (AvgIpc) is 2.79. The van der Waals surface area contributed by atoms with E-state index in [1.807, 2.05) is 0 Å². The molecule has 0 amide bonds. The molecule has 3 aromatic rings. The van der Waals surface area contributed by atoms with E-state index in [-0.39, 0.29) is 0 Å². The fourth-order valence-electron chi connectivity index (χ4n) is 2.51. The number of hydrogen-bond donors (Lipinski definition) is 0. The Morgan fingerprint density at radius 3 is 2.47 bits per heavy atom. The first-order valence-electron chi connectivity index (χ1n) is 6.86. The summed E-state index contributed by atoms with van der Waals surface area (Å²) >= 11 is 0. The van der Waals surface area contributed by atoms with Crippen LogP contribution in [0.2, 0.25) is 0 Å². The Hall–Kier alpha value is -2.09. The van der Waals surface area contributed by atoms with E-state index in [4.69, 9.17) is 4.98 Å². The summed E-state index contributed by atoms with van der Waals surface area (Å²) in [5.41, 5.74) is 3.66. The summed E-state index contributed by atoms with van der Waals surface area (Å²) in [5.74, 6) is 1.16. The van der Waals surface area contributed by atoms with Crippen molar-refractivity contribution in [2.75, 3.05) is 0 Å². The Kier molecular flexibility index (Phi) is 3.32. The molecule has 0 unspecified atom stereocenters. The maximum Gasteiger partial charge on any atom is 0.114 e. The van der Waals surface area contributed by atoms with Gasteiger partial charge in [-0.2, -0.15) is 0 Å². The third kappa shape index (κ3) is 2.39. The summed E-state index contributed by atoms with van der Waals surface area (Å²) in [6.45, 7) is 3.24. The summed E-state index contributed by atoms with van der Waals surface area (Å²) in [5, 5.41) is 0. The molecule has 0 saturated heterocycles. The zero-order chi connectivity index (χ0) is 13.1. The van der Waals surface area contributed by atoms with Crippen LogP contribution in [0.3, 0.4) is 0 Å². The highest BCUT2D eigenvalue weighted by Crippen LogP contribution is 2.18. The summed E-state index contributed by atoms with van der Waals surface area (Å²) in [7, 11) is 0. The van der Waals surface area contributed by atoms with Crippen molar-refractivity contribution in [3.63, 3.8) is 0 Å². The molecule has 3 rings (SSSR count). The Morgan fingerprint density at radius 1 is 0.947 bits per heavy atom. The van der Waals surface area contributed by atoms with E-state index >= 15 is 0 Å². The van der Waals surface area contributed by atoms with Crippen LogP contribution in [0.4, 0.5) is 0 Å². The van der Waals surface area contributed by atoms with E-state index in [1.165, 1.54) is 11.1 Å². The zero-order valence-electron chi connectivity index (χ0n) is 11.2. The molecule has 0 spiro atoms. The molecule has 2 heteroatoms. The van der Waals surface area contributed by atoms with Crippen molar-refractivity contribution < 1.29 is 0 Å². The van der Waals surface area contributed by atoms with Gasteiger partial charge in [0.15, 0.2) is 0 Å². The van der Waals surface area contributed by atoms with Crippen molar-refractivity contribution in [2.24, 2.45) is 0 Å². The molecule has 0 atom stereocenters. The van der Waals surface area contributed by atoms with Gasteiger partial charge < -0.3 is 4.57 Å². The molecule has 0 fully saturated rings. The van der Waals surface area contributed by atoms with Crippen LogP contribution in [-0.2, 0) is 13.0 Å². The van der Waals surface area contributed by atoms with Crippen LogP contribution in [0.5, 0.6) is 0 Å². The number of aromatic nitrogens is 2. The van der Waals surface area contributed by atoms with Crippen molar-refractivity contribution in [2.45, 2.75) is 26.3 Å². The maximum absolute atomic E-state index is 4.79. The second kappa shape index (κ2) is 5.27. The number of hydrogen-bond acceptors (Lipinski definition) is 1. The third-order valence-electron chi connectivity index (χ3n) is 3.39. The Labute approximate surface area is 113 Å². The molecule has 0 aliphatic carbocycles. The smallest absolute Gasteiger partial charge is 0.114 e. The van der Waals surface area contributed by atoms with Crippen molar-refractivity contribution in [1.29, 1.82) is 0 Å². The van der Waals surface area contributed by atoms with Crippen LogP contribution in [0.25, 0.3) is 11.0 Å².